The third-order valence-corrected chi connectivity index (χ3v) is 3.93. The van der Waals surface area contributed by atoms with Gasteiger partial charge in [0.05, 0.1) is 6.04 Å². The summed E-state index contributed by atoms with van der Waals surface area (Å²) in [5.41, 5.74) is 5.30. The zero-order chi connectivity index (χ0) is 13.1. The predicted molar refractivity (Wildman–Crippen MR) is 68.7 cm³/mol. The normalized spacial score (nSPS) is 29.6. The van der Waals surface area contributed by atoms with E-state index < -0.39 is 0 Å². The first kappa shape index (κ1) is 13.3. The maximum atomic E-state index is 11.8. The van der Waals surface area contributed by atoms with Crippen LogP contribution in [0.4, 0.5) is 0 Å². The van der Waals surface area contributed by atoms with E-state index in [-0.39, 0.29) is 23.8 Å². The molecule has 0 saturated heterocycles. The van der Waals surface area contributed by atoms with Crippen molar-refractivity contribution in [1.29, 1.82) is 0 Å². The fourth-order valence-electron chi connectivity index (χ4n) is 2.53. The van der Waals surface area contributed by atoms with Gasteiger partial charge in [0.25, 0.3) is 0 Å². The molecule has 4 N–H and O–H groups in total. The fourth-order valence-corrected chi connectivity index (χ4v) is 2.53. The van der Waals surface area contributed by atoms with Crippen LogP contribution in [-0.4, -0.2) is 29.9 Å². The lowest BCUT2D eigenvalue weighted by Gasteiger charge is -2.29. The van der Waals surface area contributed by atoms with Crippen molar-refractivity contribution in [3.63, 3.8) is 0 Å². The second-order valence-electron chi connectivity index (χ2n) is 5.62. The molecule has 0 aromatic carbocycles. The summed E-state index contributed by atoms with van der Waals surface area (Å²) in [7, 11) is 0. The molecule has 2 saturated carbocycles. The van der Waals surface area contributed by atoms with Gasteiger partial charge < -0.3 is 16.4 Å². The van der Waals surface area contributed by atoms with Crippen LogP contribution in [0.15, 0.2) is 0 Å². The van der Waals surface area contributed by atoms with Crippen LogP contribution in [-0.2, 0) is 9.59 Å². The molecule has 2 amide bonds. The van der Waals surface area contributed by atoms with Gasteiger partial charge in [-0.3, -0.25) is 9.59 Å². The average molecular weight is 253 g/mol. The van der Waals surface area contributed by atoms with Crippen LogP contribution in [0.3, 0.4) is 0 Å². The molecule has 1 atom stereocenters. The summed E-state index contributed by atoms with van der Waals surface area (Å²) >= 11 is 0. The summed E-state index contributed by atoms with van der Waals surface area (Å²) in [5.74, 6) is -0.0684. The van der Waals surface area contributed by atoms with Crippen molar-refractivity contribution in [3.8, 4) is 0 Å². The molecule has 5 heteroatoms. The Morgan fingerprint density at radius 2 is 1.61 bits per heavy atom. The van der Waals surface area contributed by atoms with Crippen LogP contribution in [0.2, 0.25) is 0 Å². The van der Waals surface area contributed by atoms with Gasteiger partial charge in [0, 0.05) is 18.0 Å². The summed E-state index contributed by atoms with van der Waals surface area (Å²) in [5, 5.41) is 6.34. The molecule has 0 aromatic rings. The molecule has 5 nitrogen and oxygen atoms in total. The van der Waals surface area contributed by atoms with Gasteiger partial charge in [-0.2, -0.15) is 0 Å². The third kappa shape index (κ3) is 3.70. The predicted octanol–water partition coefficient (Wildman–Crippen LogP) is 0.287. The Kier molecular flexibility index (Phi) is 4.22. The Morgan fingerprint density at radius 3 is 2.11 bits per heavy atom. The van der Waals surface area contributed by atoms with Gasteiger partial charge in [-0.05, 0) is 45.4 Å². The number of hydrogen-bond donors (Lipinski definition) is 3. The molecule has 102 valence electrons. The van der Waals surface area contributed by atoms with Crippen molar-refractivity contribution < 1.29 is 9.59 Å². The quantitative estimate of drug-likeness (QED) is 0.658. The van der Waals surface area contributed by atoms with Crippen LogP contribution in [0.5, 0.6) is 0 Å². The fraction of sp³-hybridized carbons (Fsp3) is 0.846. The van der Waals surface area contributed by atoms with Crippen molar-refractivity contribution in [1.82, 2.24) is 10.6 Å². The summed E-state index contributed by atoms with van der Waals surface area (Å²) in [6.45, 7) is 1.90. The van der Waals surface area contributed by atoms with E-state index in [1.54, 1.807) is 0 Å². The second kappa shape index (κ2) is 5.69. The Hall–Kier alpha value is -1.10. The molecule has 0 aliphatic heterocycles. The van der Waals surface area contributed by atoms with Crippen LogP contribution in [0, 0.1) is 5.92 Å². The number of rotatable bonds is 5. The maximum Gasteiger partial charge on any atom is 0.237 e. The number of nitrogens with two attached hydrogens (primary N) is 1. The monoisotopic (exact) mass is 253 g/mol. The minimum absolute atomic E-state index is 0.0265. The van der Waals surface area contributed by atoms with Crippen molar-refractivity contribution in [2.45, 2.75) is 63.6 Å². The largest absolute Gasteiger partial charge is 0.369 e. The number of hydrogen-bond acceptors (Lipinski definition) is 3. The van der Waals surface area contributed by atoms with Crippen LogP contribution >= 0.6 is 0 Å². The SMILES string of the molecule is CC(NC1CCC(C(N)=O)CC1)C(=O)NC1CC1. The molecular weight excluding hydrogens is 230 g/mol. The van der Waals surface area contributed by atoms with E-state index in [2.05, 4.69) is 10.6 Å². The second-order valence-corrected chi connectivity index (χ2v) is 5.62. The van der Waals surface area contributed by atoms with Crippen molar-refractivity contribution in [2.75, 3.05) is 0 Å². The van der Waals surface area contributed by atoms with E-state index in [1.165, 1.54) is 0 Å². The Balaban J connectivity index is 1.69. The minimum atomic E-state index is -0.187. The summed E-state index contributed by atoms with van der Waals surface area (Å²) in [6, 6.07) is 0.591. The van der Waals surface area contributed by atoms with Gasteiger partial charge in [0.1, 0.15) is 0 Å². The van der Waals surface area contributed by atoms with Crippen LogP contribution in [0.25, 0.3) is 0 Å². The third-order valence-electron chi connectivity index (χ3n) is 3.93. The topological polar surface area (TPSA) is 84.2 Å². The smallest absolute Gasteiger partial charge is 0.237 e. The number of amides is 2. The maximum absolute atomic E-state index is 11.8. The van der Waals surface area contributed by atoms with E-state index in [0.29, 0.717) is 12.1 Å². The number of nitrogens with one attached hydrogen (secondary N) is 2. The van der Waals surface area contributed by atoms with Crippen molar-refractivity contribution >= 4 is 11.8 Å². The van der Waals surface area contributed by atoms with Crippen molar-refractivity contribution in [2.24, 2.45) is 11.7 Å². The standard InChI is InChI=1S/C13H23N3O2/c1-8(13(18)16-11-6-7-11)15-10-4-2-9(3-5-10)12(14)17/h8-11,15H,2-7H2,1H3,(H2,14,17)(H,16,18). The van der Waals surface area contributed by atoms with E-state index in [9.17, 15) is 9.59 Å². The highest BCUT2D eigenvalue weighted by Gasteiger charge is 2.29. The van der Waals surface area contributed by atoms with Gasteiger partial charge in [-0.15, -0.1) is 0 Å². The first-order valence-corrected chi connectivity index (χ1v) is 6.92. The summed E-state index contributed by atoms with van der Waals surface area (Å²) in [6.07, 6.45) is 5.75. The summed E-state index contributed by atoms with van der Waals surface area (Å²) in [4.78, 5) is 22.8. The molecule has 0 heterocycles. The summed E-state index contributed by atoms with van der Waals surface area (Å²) < 4.78 is 0. The van der Waals surface area contributed by atoms with Gasteiger partial charge in [-0.25, -0.2) is 0 Å². The van der Waals surface area contributed by atoms with Gasteiger partial charge >= 0.3 is 0 Å². The first-order chi connectivity index (χ1) is 8.56. The lowest BCUT2D eigenvalue weighted by molar-refractivity contribution is -0.124. The van der Waals surface area contributed by atoms with Gasteiger partial charge in [-0.1, -0.05) is 0 Å². The Labute approximate surface area is 108 Å². The molecule has 1 unspecified atom stereocenters. The molecule has 2 rings (SSSR count). The van der Waals surface area contributed by atoms with E-state index >= 15 is 0 Å². The molecule has 2 aliphatic rings. The number of primary amides is 1. The van der Waals surface area contributed by atoms with Crippen molar-refractivity contribution in [3.05, 3.63) is 0 Å². The molecule has 2 aliphatic carbocycles. The number of carbonyl (C=O) groups is 2. The zero-order valence-corrected chi connectivity index (χ0v) is 10.9. The Bertz CT molecular complexity index is 320. The lowest BCUT2D eigenvalue weighted by atomic mass is 9.85. The van der Waals surface area contributed by atoms with E-state index in [1.807, 2.05) is 6.92 Å². The van der Waals surface area contributed by atoms with Gasteiger partial charge in [0.2, 0.25) is 11.8 Å². The molecule has 0 aromatic heterocycles. The molecule has 0 spiro atoms. The van der Waals surface area contributed by atoms with Crippen LogP contribution < -0.4 is 16.4 Å². The average Bonchev–Trinajstić information content (AvgIpc) is 3.13. The molecule has 18 heavy (non-hydrogen) atoms. The van der Waals surface area contributed by atoms with Crippen LogP contribution in [0.1, 0.15) is 45.4 Å². The van der Waals surface area contributed by atoms with Gasteiger partial charge in [0.15, 0.2) is 0 Å². The Morgan fingerprint density at radius 1 is 1.06 bits per heavy atom. The highest BCUT2D eigenvalue weighted by molar-refractivity contribution is 5.81. The molecule has 0 radical (unpaired) electrons. The molecular formula is C13H23N3O2. The molecule has 2 fully saturated rings. The highest BCUT2D eigenvalue weighted by atomic mass is 16.2. The first-order valence-electron chi connectivity index (χ1n) is 6.92. The van der Waals surface area contributed by atoms with E-state index in [0.717, 1.165) is 38.5 Å². The molecule has 0 bridgehead atoms. The highest BCUT2D eigenvalue weighted by Crippen LogP contribution is 2.24. The van der Waals surface area contributed by atoms with E-state index in [4.69, 9.17) is 5.73 Å². The zero-order valence-electron chi connectivity index (χ0n) is 10.9. The number of carbonyl (C=O) groups excluding carboxylic acids is 2. The minimum Gasteiger partial charge on any atom is -0.369 e. The lowest BCUT2D eigenvalue weighted by Crippen LogP contribution is -2.48.